The number of nitrogen functional groups attached to an aromatic ring is 1. The number of rotatable bonds is 6. The molecule has 0 aliphatic heterocycles. The summed E-state index contributed by atoms with van der Waals surface area (Å²) in [6.45, 7) is 0.425. The first-order chi connectivity index (χ1) is 12.0. The summed E-state index contributed by atoms with van der Waals surface area (Å²) < 4.78 is 4.51. The Bertz CT molecular complexity index is 840. The highest BCUT2D eigenvalue weighted by Gasteiger charge is 2.10. The van der Waals surface area contributed by atoms with Crippen LogP contribution in [0.15, 0.2) is 36.4 Å². The quantitative estimate of drug-likeness (QED) is 0.404. The molecule has 0 fully saturated rings. The van der Waals surface area contributed by atoms with E-state index in [0.717, 1.165) is 5.56 Å². The van der Waals surface area contributed by atoms with Gasteiger partial charge >= 0.3 is 0 Å². The molecule has 0 unspecified atom stereocenters. The normalized spacial score (nSPS) is 11.1. The molecule has 0 aliphatic rings. The van der Waals surface area contributed by atoms with Crippen molar-refractivity contribution in [2.75, 3.05) is 12.3 Å². The monoisotopic (exact) mass is 339 g/mol. The third kappa shape index (κ3) is 5.06. The number of nitrogens with zero attached hydrogens (tertiary/aromatic N) is 1. The lowest BCUT2D eigenvalue weighted by molar-refractivity contribution is -0.129. The molecule has 5 N–H and O–H groups in total. The number of anilines is 1. The van der Waals surface area contributed by atoms with Crippen molar-refractivity contribution in [2.24, 2.45) is 5.73 Å². The van der Waals surface area contributed by atoms with Gasteiger partial charge in [0, 0.05) is 17.5 Å². The van der Waals surface area contributed by atoms with Crippen LogP contribution in [-0.2, 0) is 9.53 Å². The third-order valence-electron chi connectivity index (χ3n) is 3.28. The highest BCUT2D eigenvalue weighted by molar-refractivity contribution is 5.96. The van der Waals surface area contributed by atoms with Crippen LogP contribution in [-0.4, -0.2) is 35.2 Å². The number of carbonyl (C=O) groups is 2. The van der Waals surface area contributed by atoms with E-state index in [2.05, 4.69) is 21.6 Å². The predicted octanol–water partition coefficient (Wildman–Crippen LogP) is 0.705. The minimum atomic E-state index is -0.903. The smallest absolute Gasteiger partial charge is 0.293 e. The number of nitrogens with two attached hydrogens (primary N) is 2. The topological polar surface area (TPSA) is 129 Å². The molecule has 1 heterocycles. The van der Waals surface area contributed by atoms with Gasteiger partial charge in [-0.25, -0.2) is 4.98 Å². The van der Waals surface area contributed by atoms with Gasteiger partial charge in [-0.3, -0.25) is 9.59 Å². The average molecular weight is 339 g/mol. The van der Waals surface area contributed by atoms with Gasteiger partial charge in [0.05, 0.1) is 18.0 Å². The molecule has 2 aromatic rings. The number of aromatic nitrogens is 1. The van der Waals surface area contributed by atoms with Crippen LogP contribution in [0.1, 0.15) is 22.5 Å². The van der Waals surface area contributed by atoms with Crippen molar-refractivity contribution in [2.45, 2.75) is 12.5 Å². The van der Waals surface area contributed by atoms with E-state index in [1.165, 1.54) is 0 Å². The number of carbonyl (C=O) groups excluding carboxylic acids is 2. The molecular formula is C18H17N3O4. The highest BCUT2D eigenvalue weighted by atomic mass is 16.5. The Morgan fingerprint density at radius 1 is 1.36 bits per heavy atom. The molecule has 0 aliphatic carbocycles. The summed E-state index contributed by atoms with van der Waals surface area (Å²) in [5, 5.41) is 9.70. The Labute approximate surface area is 144 Å². The molecule has 128 valence electrons. The van der Waals surface area contributed by atoms with Crippen molar-refractivity contribution >= 4 is 18.1 Å². The van der Waals surface area contributed by atoms with Gasteiger partial charge < -0.3 is 21.3 Å². The Morgan fingerprint density at radius 2 is 2.16 bits per heavy atom. The summed E-state index contributed by atoms with van der Waals surface area (Å²) in [6.07, 6.45) is -0.674. The fraction of sp³-hybridized carbons (Fsp3) is 0.167. The molecule has 1 amide bonds. The Kier molecular flexibility index (Phi) is 6.09. The van der Waals surface area contributed by atoms with Crippen molar-refractivity contribution in [3.63, 3.8) is 0 Å². The first-order valence-electron chi connectivity index (χ1n) is 7.43. The summed E-state index contributed by atoms with van der Waals surface area (Å²) in [7, 11) is 0. The van der Waals surface area contributed by atoms with Crippen molar-refractivity contribution < 1.29 is 19.4 Å². The fourth-order valence-electron chi connectivity index (χ4n) is 2.05. The first kappa shape index (κ1) is 18.0. The number of pyridine rings is 1. The number of hydrogen-bond acceptors (Lipinski definition) is 6. The summed E-state index contributed by atoms with van der Waals surface area (Å²) >= 11 is 0. The molecule has 7 nitrogen and oxygen atoms in total. The van der Waals surface area contributed by atoms with Gasteiger partial charge in [0.2, 0.25) is 0 Å². The Morgan fingerprint density at radius 3 is 2.88 bits per heavy atom. The molecule has 1 atom stereocenters. The van der Waals surface area contributed by atoms with E-state index < -0.39 is 12.0 Å². The van der Waals surface area contributed by atoms with E-state index in [-0.39, 0.29) is 24.4 Å². The molecular weight excluding hydrogens is 322 g/mol. The van der Waals surface area contributed by atoms with Gasteiger partial charge in [-0.2, -0.15) is 0 Å². The molecule has 2 rings (SSSR count). The second kappa shape index (κ2) is 8.47. The zero-order valence-corrected chi connectivity index (χ0v) is 13.3. The van der Waals surface area contributed by atoms with Gasteiger partial charge in [-0.05, 0) is 24.3 Å². The number of ether oxygens (including phenoxy) is 1. The van der Waals surface area contributed by atoms with Crippen LogP contribution in [0.4, 0.5) is 5.69 Å². The summed E-state index contributed by atoms with van der Waals surface area (Å²) in [6, 6.07) is 10.4. The first-order valence-corrected chi connectivity index (χ1v) is 7.43. The summed E-state index contributed by atoms with van der Waals surface area (Å²) in [5.41, 5.74) is 13.1. The predicted molar refractivity (Wildman–Crippen MR) is 92.1 cm³/mol. The molecule has 0 saturated heterocycles. The number of benzene rings is 1. The third-order valence-corrected chi connectivity index (χ3v) is 3.28. The minimum Gasteiger partial charge on any atom is -0.468 e. The van der Waals surface area contributed by atoms with E-state index in [4.69, 9.17) is 11.5 Å². The van der Waals surface area contributed by atoms with E-state index >= 15 is 0 Å². The van der Waals surface area contributed by atoms with E-state index in [1.54, 1.807) is 30.3 Å². The minimum absolute atomic E-state index is 0.0135. The molecule has 0 spiro atoms. The summed E-state index contributed by atoms with van der Waals surface area (Å²) in [4.78, 5) is 25.6. The molecule has 0 radical (unpaired) electrons. The maximum absolute atomic E-state index is 11.4. The average Bonchev–Trinajstić information content (AvgIpc) is 2.60. The molecule has 1 aromatic carbocycles. The Balaban J connectivity index is 2.21. The maximum Gasteiger partial charge on any atom is 0.293 e. The molecule has 0 saturated carbocycles. The number of hydrogen-bond donors (Lipinski definition) is 3. The van der Waals surface area contributed by atoms with Crippen LogP contribution in [0, 0.1) is 11.8 Å². The van der Waals surface area contributed by atoms with Crippen LogP contribution >= 0.6 is 0 Å². The fourth-order valence-corrected chi connectivity index (χ4v) is 2.05. The number of primary amides is 1. The number of aliphatic hydroxyl groups is 1. The highest BCUT2D eigenvalue weighted by Crippen LogP contribution is 2.21. The van der Waals surface area contributed by atoms with Crippen LogP contribution in [0.3, 0.4) is 0 Å². The van der Waals surface area contributed by atoms with E-state index in [1.807, 2.05) is 6.07 Å². The molecule has 1 aromatic heterocycles. The van der Waals surface area contributed by atoms with Gasteiger partial charge in [0.1, 0.15) is 6.10 Å². The van der Waals surface area contributed by atoms with Crippen molar-refractivity contribution in [1.82, 2.24) is 4.98 Å². The van der Waals surface area contributed by atoms with Gasteiger partial charge in [-0.15, -0.1) is 0 Å². The molecule has 25 heavy (non-hydrogen) atoms. The van der Waals surface area contributed by atoms with Crippen LogP contribution < -0.4 is 11.5 Å². The van der Waals surface area contributed by atoms with Crippen LogP contribution in [0.25, 0.3) is 11.3 Å². The van der Waals surface area contributed by atoms with Crippen molar-refractivity contribution in [3.8, 4) is 23.1 Å². The number of aliphatic hydroxyl groups excluding tert-OH is 1. The lowest BCUT2D eigenvalue weighted by atomic mass is 10.1. The van der Waals surface area contributed by atoms with Crippen LogP contribution in [0.5, 0.6) is 0 Å². The second-order valence-electron chi connectivity index (χ2n) is 5.12. The molecule has 0 bridgehead atoms. The number of amides is 1. The summed E-state index contributed by atoms with van der Waals surface area (Å²) in [5.74, 6) is 4.81. The van der Waals surface area contributed by atoms with Crippen molar-refractivity contribution in [3.05, 3.63) is 47.7 Å². The van der Waals surface area contributed by atoms with Crippen LogP contribution in [0.2, 0.25) is 0 Å². The van der Waals surface area contributed by atoms with Gasteiger partial charge in [0.15, 0.2) is 5.69 Å². The lowest BCUT2D eigenvalue weighted by Crippen LogP contribution is -2.15. The second-order valence-corrected chi connectivity index (χ2v) is 5.12. The zero-order chi connectivity index (χ0) is 18.2. The largest absolute Gasteiger partial charge is 0.468 e. The maximum atomic E-state index is 11.4. The van der Waals surface area contributed by atoms with E-state index in [0.29, 0.717) is 17.7 Å². The SMILES string of the molecule is NC(=O)c1nc(-c2cccc(C#C[C@H](O)CCOC=O)c2)ccc1N. The standard InChI is InChI=1S/C18H17N3O4/c19-15-6-7-16(21-17(15)18(20)24)13-3-1-2-12(10-13)4-5-14(23)8-9-25-11-22/h1-3,6-7,10-11,14,23H,8-9,19H2,(H2,20,24)/t14-/m0/s1. The lowest BCUT2D eigenvalue weighted by Gasteiger charge is -2.06. The Hall–Kier alpha value is -3.37. The van der Waals surface area contributed by atoms with E-state index in [9.17, 15) is 14.7 Å². The zero-order valence-electron chi connectivity index (χ0n) is 13.3. The van der Waals surface area contributed by atoms with Gasteiger partial charge in [-0.1, -0.05) is 24.0 Å². The van der Waals surface area contributed by atoms with Crippen molar-refractivity contribution in [1.29, 1.82) is 0 Å². The van der Waals surface area contributed by atoms with Gasteiger partial charge in [0.25, 0.3) is 12.4 Å². The molecule has 7 heteroatoms.